The number of carbonyl (C=O) groups excluding carboxylic acids is 3. The van der Waals surface area contributed by atoms with Crippen LogP contribution >= 0.6 is 0 Å². The van der Waals surface area contributed by atoms with E-state index in [0.29, 0.717) is 5.56 Å². The molecule has 1 aromatic rings. The summed E-state index contributed by atoms with van der Waals surface area (Å²) in [7, 11) is 1.40. The minimum absolute atomic E-state index is 0.0113. The second kappa shape index (κ2) is 5.19. The van der Waals surface area contributed by atoms with Crippen LogP contribution in [0.3, 0.4) is 0 Å². The zero-order valence-corrected chi connectivity index (χ0v) is 10.5. The van der Waals surface area contributed by atoms with Crippen LogP contribution in [-0.4, -0.2) is 35.7 Å². The van der Waals surface area contributed by atoms with Crippen molar-refractivity contribution in [3.05, 3.63) is 35.9 Å². The molecule has 3 amide bonds. The van der Waals surface area contributed by atoms with Crippen molar-refractivity contribution in [3.63, 3.8) is 0 Å². The first kappa shape index (κ1) is 13.2. The summed E-state index contributed by atoms with van der Waals surface area (Å²) in [5.41, 5.74) is 6.47. The van der Waals surface area contributed by atoms with Crippen LogP contribution in [0.25, 0.3) is 0 Å². The molecule has 0 aliphatic carbocycles. The molecule has 6 heteroatoms. The zero-order chi connectivity index (χ0) is 14.0. The summed E-state index contributed by atoms with van der Waals surface area (Å²) in [6.45, 7) is 0. The van der Waals surface area contributed by atoms with E-state index in [-0.39, 0.29) is 12.3 Å². The van der Waals surface area contributed by atoms with Crippen molar-refractivity contribution in [2.45, 2.75) is 18.5 Å². The fraction of sp³-hybridized carbons (Fsp3) is 0.308. The van der Waals surface area contributed by atoms with Gasteiger partial charge in [-0.25, -0.2) is 0 Å². The monoisotopic (exact) mass is 261 g/mol. The van der Waals surface area contributed by atoms with E-state index in [1.807, 2.05) is 6.07 Å². The molecule has 1 aliphatic heterocycles. The third kappa shape index (κ3) is 2.63. The number of likely N-dealkylation sites (tertiary alicyclic amines) is 1. The molecule has 1 aliphatic rings. The average Bonchev–Trinajstić information content (AvgIpc) is 2.66. The lowest BCUT2D eigenvalue weighted by atomic mass is 10.1. The van der Waals surface area contributed by atoms with E-state index in [9.17, 15) is 14.4 Å². The number of nitrogens with two attached hydrogens (primary N) is 1. The number of imide groups is 1. The number of likely N-dealkylation sites (N-methyl/N-ethyl adjacent to an activating group) is 1. The summed E-state index contributed by atoms with van der Waals surface area (Å²) in [4.78, 5) is 36.0. The number of nitrogens with one attached hydrogen (secondary N) is 1. The first-order chi connectivity index (χ1) is 9.00. The minimum atomic E-state index is -0.852. The van der Waals surface area contributed by atoms with Crippen LogP contribution in [0.5, 0.6) is 0 Å². The van der Waals surface area contributed by atoms with E-state index in [1.54, 1.807) is 24.3 Å². The van der Waals surface area contributed by atoms with Gasteiger partial charge in [-0.15, -0.1) is 0 Å². The molecule has 0 radical (unpaired) electrons. The molecule has 1 aromatic carbocycles. The summed E-state index contributed by atoms with van der Waals surface area (Å²) in [5, 5.41) is 2.51. The van der Waals surface area contributed by atoms with Gasteiger partial charge in [-0.3, -0.25) is 19.3 Å². The van der Waals surface area contributed by atoms with Crippen LogP contribution in [0.1, 0.15) is 18.0 Å². The predicted molar refractivity (Wildman–Crippen MR) is 67.7 cm³/mol. The van der Waals surface area contributed by atoms with E-state index in [0.717, 1.165) is 4.90 Å². The van der Waals surface area contributed by atoms with Gasteiger partial charge in [0.25, 0.3) is 5.91 Å². The summed E-state index contributed by atoms with van der Waals surface area (Å²) in [6.07, 6.45) is -0.0113. The molecule has 2 rings (SSSR count). The van der Waals surface area contributed by atoms with Crippen molar-refractivity contribution in [1.82, 2.24) is 10.2 Å². The maximum absolute atomic E-state index is 11.9. The van der Waals surface area contributed by atoms with Crippen molar-refractivity contribution in [2.75, 3.05) is 7.05 Å². The lowest BCUT2D eigenvalue weighted by Gasteiger charge is -2.15. The predicted octanol–water partition coefficient (Wildman–Crippen LogP) is -0.440. The van der Waals surface area contributed by atoms with Gasteiger partial charge < -0.3 is 11.1 Å². The smallest absolute Gasteiger partial charge is 0.252 e. The van der Waals surface area contributed by atoms with Crippen LogP contribution in [0.4, 0.5) is 0 Å². The molecule has 1 heterocycles. The van der Waals surface area contributed by atoms with Crippen molar-refractivity contribution >= 4 is 17.7 Å². The first-order valence-corrected chi connectivity index (χ1v) is 5.92. The standard InChI is InChI=1S/C13H15N3O3/c1-16-10(17)7-9(13(16)19)15-12(18)11(14)8-5-3-2-4-6-8/h2-6,9,11H,7,14H2,1H3,(H,15,18)/t9?,11-/m1/s1. The normalized spacial score (nSPS) is 20.5. The summed E-state index contributed by atoms with van der Waals surface area (Å²) in [5.74, 6) is -1.17. The van der Waals surface area contributed by atoms with Crippen LogP contribution in [-0.2, 0) is 14.4 Å². The molecule has 0 bridgehead atoms. The SMILES string of the molecule is CN1C(=O)CC(NC(=O)[C@H](N)c2ccccc2)C1=O. The lowest BCUT2D eigenvalue weighted by Crippen LogP contribution is -2.44. The second-order valence-electron chi connectivity index (χ2n) is 4.44. The van der Waals surface area contributed by atoms with Crippen LogP contribution < -0.4 is 11.1 Å². The highest BCUT2D eigenvalue weighted by Gasteiger charge is 2.37. The van der Waals surface area contributed by atoms with Gasteiger partial charge in [0.05, 0.1) is 6.42 Å². The van der Waals surface area contributed by atoms with Gasteiger partial charge in [0.15, 0.2) is 0 Å². The number of carbonyl (C=O) groups is 3. The zero-order valence-electron chi connectivity index (χ0n) is 10.5. The van der Waals surface area contributed by atoms with Crippen molar-refractivity contribution < 1.29 is 14.4 Å². The molecule has 6 nitrogen and oxygen atoms in total. The van der Waals surface area contributed by atoms with Gasteiger partial charge in [-0.2, -0.15) is 0 Å². The molecule has 1 unspecified atom stereocenters. The van der Waals surface area contributed by atoms with Gasteiger partial charge in [0.1, 0.15) is 12.1 Å². The third-order valence-corrected chi connectivity index (χ3v) is 3.14. The van der Waals surface area contributed by atoms with Crippen LogP contribution in [0.15, 0.2) is 30.3 Å². The van der Waals surface area contributed by atoms with Crippen LogP contribution in [0.2, 0.25) is 0 Å². The third-order valence-electron chi connectivity index (χ3n) is 3.14. The fourth-order valence-corrected chi connectivity index (χ4v) is 1.94. The quantitative estimate of drug-likeness (QED) is 0.721. The molecule has 1 fully saturated rings. The number of rotatable bonds is 3. The average molecular weight is 261 g/mol. The van der Waals surface area contributed by atoms with Gasteiger partial charge in [-0.05, 0) is 5.56 Å². The molecule has 1 saturated heterocycles. The van der Waals surface area contributed by atoms with Gasteiger partial charge in [0, 0.05) is 7.05 Å². The van der Waals surface area contributed by atoms with Gasteiger partial charge in [-0.1, -0.05) is 30.3 Å². The molecule has 3 N–H and O–H groups in total. The topological polar surface area (TPSA) is 92.5 Å². The number of hydrogen-bond donors (Lipinski definition) is 2. The summed E-state index contributed by atoms with van der Waals surface area (Å²) >= 11 is 0. The number of hydrogen-bond acceptors (Lipinski definition) is 4. The summed E-state index contributed by atoms with van der Waals surface area (Å²) < 4.78 is 0. The Kier molecular flexibility index (Phi) is 3.62. The Morgan fingerprint density at radius 3 is 2.53 bits per heavy atom. The van der Waals surface area contributed by atoms with Gasteiger partial charge in [0.2, 0.25) is 11.8 Å². The Hall–Kier alpha value is -2.21. The Labute approximate surface area is 110 Å². The van der Waals surface area contributed by atoms with E-state index >= 15 is 0 Å². The highest BCUT2D eigenvalue weighted by molar-refractivity contribution is 6.06. The molecule has 0 spiro atoms. The molecular formula is C13H15N3O3. The largest absolute Gasteiger partial charge is 0.342 e. The maximum atomic E-state index is 11.9. The van der Waals surface area contributed by atoms with Crippen molar-refractivity contribution in [2.24, 2.45) is 5.73 Å². The van der Waals surface area contributed by atoms with E-state index in [1.165, 1.54) is 7.05 Å². The molecule has 19 heavy (non-hydrogen) atoms. The number of amides is 3. The number of benzene rings is 1. The fourth-order valence-electron chi connectivity index (χ4n) is 1.94. The molecule has 0 aromatic heterocycles. The Balaban J connectivity index is 2.02. The van der Waals surface area contributed by atoms with Crippen molar-refractivity contribution in [1.29, 1.82) is 0 Å². The minimum Gasteiger partial charge on any atom is -0.342 e. The van der Waals surface area contributed by atoms with E-state index < -0.39 is 23.9 Å². The second-order valence-corrected chi connectivity index (χ2v) is 4.44. The number of nitrogens with zero attached hydrogens (tertiary/aromatic N) is 1. The van der Waals surface area contributed by atoms with Gasteiger partial charge >= 0.3 is 0 Å². The lowest BCUT2D eigenvalue weighted by molar-refractivity contribution is -0.138. The first-order valence-electron chi connectivity index (χ1n) is 5.92. The molecular weight excluding hydrogens is 246 g/mol. The van der Waals surface area contributed by atoms with Crippen molar-refractivity contribution in [3.8, 4) is 0 Å². The van der Waals surface area contributed by atoms with E-state index in [4.69, 9.17) is 5.73 Å². The Morgan fingerprint density at radius 2 is 2.00 bits per heavy atom. The Morgan fingerprint density at radius 1 is 1.37 bits per heavy atom. The highest BCUT2D eigenvalue weighted by atomic mass is 16.2. The molecule has 2 atom stereocenters. The Bertz CT molecular complexity index is 515. The summed E-state index contributed by atoms with van der Waals surface area (Å²) in [6, 6.07) is 7.19. The molecule has 100 valence electrons. The molecule has 0 saturated carbocycles. The van der Waals surface area contributed by atoms with E-state index in [2.05, 4.69) is 5.32 Å². The maximum Gasteiger partial charge on any atom is 0.252 e. The highest BCUT2D eigenvalue weighted by Crippen LogP contribution is 2.14. The van der Waals surface area contributed by atoms with Crippen LogP contribution in [0, 0.1) is 0 Å².